The molecule has 0 bridgehead atoms. The number of halogens is 2. The van der Waals surface area contributed by atoms with E-state index in [0.29, 0.717) is 34.4 Å². The maximum absolute atomic E-state index is 14.9. The number of phenols is 1. The van der Waals surface area contributed by atoms with Gasteiger partial charge in [0.2, 0.25) is 6.41 Å². The molecule has 7 nitrogen and oxygen atoms in total. The number of nitrogens with zero attached hydrogens (tertiary/aromatic N) is 5. The topological polar surface area (TPSA) is 63.2 Å². The summed E-state index contributed by atoms with van der Waals surface area (Å²) in [5, 5.41) is 11.6. The molecule has 1 aliphatic rings. The second-order valence-corrected chi connectivity index (χ2v) is 11.9. The third kappa shape index (κ3) is 7.11. The van der Waals surface area contributed by atoms with Crippen LogP contribution in [0.4, 0.5) is 15.9 Å². The van der Waals surface area contributed by atoms with Crippen LogP contribution >= 0.6 is 11.6 Å². The molecule has 9 heteroatoms. The van der Waals surface area contributed by atoms with Gasteiger partial charge in [0, 0.05) is 76.5 Å². The van der Waals surface area contributed by atoms with Gasteiger partial charge in [-0.2, -0.15) is 0 Å². The van der Waals surface area contributed by atoms with E-state index in [2.05, 4.69) is 35.6 Å². The Balaban J connectivity index is 1.61. The lowest BCUT2D eigenvalue weighted by molar-refractivity contribution is -0.106. The fourth-order valence-corrected chi connectivity index (χ4v) is 5.14. The summed E-state index contributed by atoms with van der Waals surface area (Å²) in [5.41, 5.74) is 2.58. The highest BCUT2D eigenvalue weighted by Gasteiger charge is 2.23. The van der Waals surface area contributed by atoms with Crippen molar-refractivity contribution in [2.24, 2.45) is 5.41 Å². The Labute approximate surface area is 241 Å². The van der Waals surface area contributed by atoms with Gasteiger partial charge >= 0.3 is 0 Å². The van der Waals surface area contributed by atoms with Gasteiger partial charge < -0.3 is 14.9 Å². The first-order valence-electron chi connectivity index (χ1n) is 13.3. The van der Waals surface area contributed by atoms with Crippen molar-refractivity contribution in [1.29, 1.82) is 0 Å². The first kappa shape index (κ1) is 29.4. The Morgan fingerprint density at radius 3 is 2.23 bits per heavy atom. The quantitative estimate of drug-likeness (QED) is 0.334. The molecule has 2 aromatic carbocycles. The molecular weight excluding hydrogens is 529 g/mol. The molecule has 1 aliphatic heterocycles. The molecule has 1 amide bonds. The van der Waals surface area contributed by atoms with Crippen LogP contribution in [0, 0.1) is 11.2 Å². The Kier molecular flexibility index (Phi) is 9.01. The zero-order valence-electron chi connectivity index (χ0n) is 23.7. The second kappa shape index (κ2) is 12.3. The Morgan fingerprint density at radius 1 is 1.00 bits per heavy atom. The lowest BCUT2D eigenvalue weighted by Crippen LogP contribution is -2.48. The number of rotatable bonds is 8. The zero-order chi connectivity index (χ0) is 29.0. The summed E-state index contributed by atoms with van der Waals surface area (Å²) in [7, 11) is 3.68. The largest absolute Gasteiger partial charge is 0.507 e. The van der Waals surface area contributed by atoms with Crippen molar-refractivity contribution in [3.8, 4) is 28.0 Å². The number of aromatic hydroxyl groups is 1. The van der Waals surface area contributed by atoms with Gasteiger partial charge in [-0.05, 0) is 52.9 Å². The molecule has 0 atom stereocenters. The van der Waals surface area contributed by atoms with Gasteiger partial charge in [0.1, 0.15) is 17.4 Å². The standard InChI is InChI=1S/C31H37ClFN5O2/c1-31(2,3)20-36-11-14-37(15-12-36)29-17-23(8-9-34-29)26-19-24(33)18-25(30(26)40)22-6-7-28(27(32)16-22)38(21-39)13-10-35(4)5/h6-10,13,16-19,21,40H,11-12,14-15,20H2,1-5H3/b13-10-. The third-order valence-electron chi connectivity index (χ3n) is 6.70. The fraction of sp³-hybridized carbons (Fsp3) is 0.355. The van der Waals surface area contributed by atoms with Crippen molar-refractivity contribution in [2.45, 2.75) is 20.8 Å². The molecule has 1 fully saturated rings. The SMILES string of the molecule is CN(C)/C=C\N(C=O)c1ccc(-c2cc(F)cc(-c3ccnc(N4CCN(CC(C)(C)C)CC4)c3)c2O)cc1Cl. The summed E-state index contributed by atoms with van der Waals surface area (Å²) in [6, 6.07) is 11.3. The van der Waals surface area contributed by atoms with Crippen LogP contribution in [0.2, 0.25) is 5.02 Å². The number of pyridine rings is 1. The molecule has 212 valence electrons. The predicted molar refractivity (Wildman–Crippen MR) is 161 cm³/mol. The van der Waals surface area contributed by atoms with Gasteiger partial charge in [0.05, 0.1) is 10.7 Å². The monoisotopic (exact) mass is 565 g/mol. The minimum Gasteiger partial charge on any atom is -0.507 e. The van der Waals surface area contributed by atoms with E-state index in [1.54, 1.807) is 47.8 Å². The molecule has 40 heavy (non-hydrogen) atoms. The zero-order valence-corrected chi connectivity index (χ0v) is 24.5. The Bertz CT molecular complexity index is 1380. The van der Waals surface area contributed by atoms with E-state index < -0.39 is 5.82 Å². The van der Waals surface area contributed by atoms with Gasteiger partial charge in [-0.25, -0.2) is 9.37 Å². The summed E-state index contributed by atoms with van der Waals surface area (Å²) >= 11 is 6.53. The third-order valence-corrected chi connectivity index (χ3v) is 7.00. The number of anilines is 2. The Hall–Kier alpha value is -3.62. The number of carbonyl (C=O) groups excluding carboxylic acids is 1. The summed E-state index contributed by atoms with van der Waals surface area (Å²) < 4.78 is 14.9. The average Bonchev–Trinajstić information content (AvgIpc) is 2.90. The van der Waals surface area contributed by atoms with E-state index in [4.69, 9.17) is 11.6 Å². The normalized spacial score (nSPS) is 14.5. The summed E-state index contributed by atoms with van der Waals surface area (Å²) in [5.74, 6) is 0.253. The van der Waals surface area contributed by atoms with E-state index in [0.717, 1.165) is 38.5 Å². The smallest absolute Gasteiger partial charge is 0.218 e. The van der Waals surface area contributed by atoms with Crippen molar-refractivity contribution in [3.63, 3.8) is 0 Å². The van der Waals surface area contributed by atoms with Gasteiger partial charge in [0.15, 0.2) is 0 Å². The molecule has 0 radical (unpaired) electrons. The highest BCUT2D eigenvalue weighted by Crippen LogP contribution is 2.41. The molecule has 0 spiro atoms. The molecule has 1 saturated heterocycles. The number of piperazine rings is 1. The number of aromatic nitrogens is 1. The van der Waals surface area contributed by atoms with Crippen molar-refractivity contribution in [2.75, 3.05) is 56.6 Å². The molecule has 0 aliphatic carbocycles. The van der Waals surface area contributed by atoms with Crippen LogP contribution in [-0.2, 0) is 4.79 Å². The maximum Gasteiger partial charge on any atom is 0.218 e. The molecule has 1 aromatic heterocycles. The van der Waals surface area contributed by atoms with Crippen molar-refractivity contribution < 1.29 is 14.3 Å². The lowest BCUT2D eigenvalue weighted by Gasteiger charge is -2.38. The van der Waals surface area contributed by atoms with Crippen LogP contribution in [-0.4, -0.2) is 73.1 Å². The first-order valence-corrected chi connectivity index (χ1v) is 13.7. The van der Waals surface area contributed by atoms with Crippen LogP contribution < -0.4 is 9.80 Å². The molecule has 0 saturated carbocycles. The number of phenolic OH excluding ortho intramolecular Hbond substituents is 1. The van der Waals surface area contributed by atoms with Gasteiger partial charge in [-0.3, -0.25) is 14.6 Å². The van der Waals surface area contributed by atoms with E-state index in [-0.39, 0.29) is 16.2 Å². The first-order chi connectivity index (χ1) is 18.9. The highest BCUT2D eigenvalue weighted by atomic mass is 35.5. The Morgan fingerprint density at radius 2 is 1.65 bits per heavy atom. The van der Waals surface area contributed by atoms with Crippen LogP contribution in [0.5, 0.6) is 5.75 Å². The molecular formula is C31H37ClFN5O2. The van der Waals surface area contributed by atoms with Gasteiger partial charge in [0.25, 0.3) is 0 Å². The van der Waals surface area contributed by atoms with Crippen LogP contribution in [0.3, 0.4) is 0 Å². The minimum atomic E-state index is -0.486. The number of hydrogen-bond donors (Lipinski definition) is 1. The summed E-state index contributed by atoms with van der Waals surface area (Å²) in [6.45, 7) is 11.4. The summed E-state index contributed by atoms with van der Waals surface area (Å²) in [6.07, 6.45) is 5.66. The highest BCUT2D eigenvalue weighted by molar-refractivity contribution is 6.34. The summed E-state index contributed by atoms with van der Waals surface area (Å²) in [4.78, 5) is 24.0. The number of carbonyl (C=O) groups is 1. The van der Waals surface area contributed by atoms with Crippen molar-refractivity contribution in [3.05, 3.63) is 71.9 Å². The number of benzene rings is 2. The van der Waals surface area contributed by atoms with Crippen LogP contribution in [0.15, 0.2) is 61.1 Å². The second-order valence-electron chi connectivity index (χ2n) is 11.5. The van der Waals surface area contributed by atoms with Gasteiger partial charge in [-0.15, -0.1) is 0 Å². The molecule has 1 N–H and O–H groups in total. The molecule has 4 rings (SSSR count). The van der Waals surface area contributed by atoms with E-state index in [9.17, 15) is 14.3 Å². The molecule has 0 unspecified atom stereocenters. The predicted octanol–water partition coefficient (Wildman–Crippen LogP) is 6.08. The number of amides is 1. The van der Waals surface area contributed by atoms with Crippen LogP contribution in [0.1, 0.15) is 20.8 Å². The van der Waals surface area contributed by atoms with E-state index >= 15 is 0 Å². The van der Waals surface area contributed by atoms with Gasteiger partial charge in [-0.1, -0.05) is 38.4 Å². The van der Waals surface area contributed by atoms with E-state index in [1.807, 2.05) is 20.2 Å². The maximum atomic E-state index is 14.9. The minimum absolute atomic E-state index is 0.0582. The lowest BCUT2D eigenvalue weighted by atomic mass is 9.95. The average molecular weight is 566 g/mol. The molecule has 3 aromatic rings. The fourth-order valence-electron chi connectivity index (χ4n) is 4.87. The van der Waals surface area contributed by atoms with Crippen molar-refractivity contribution in [1.82, 2.24) is 14.8 Å². The van der Waals surface area contributed by atoms with Crippen molar-refractivity contribution >= 4 is 29.5 Å². The number of hydrogen-bond acceptors (Lipinski definition) is 6. The van der Waals surface area contributed by atoms with Crippen LogP contribution in [0.25, 0.3) is 22.3 Å². The molecule has 2 heterocycles. The van der Waals surface area contributed by atoms with E-state index in [1.165, 1.54) is 17.0 Å².